The predicted octanol–water partition coefficient (Wildman–Crippen LogP) is 0.0290. The van der Waals surface area contributed by atoms with Crippen molar-refractivity contribution >= 4 is 0 Å². The van der Waals surface area contributed by atoms with E-state index < -0.39 is 0 Å². The summed E-state index contributed by atoms with van der Waals surface area (Å²) >= 11 is 0. The van der Waals surface area contributed by atoms with Gasteiger partial charge >= 0.3 is 0 Å². The third-order valence-electron chi connectivity index (χ3n) is 5.30. The van der Waals surface area contributed by atoms with Gasteiger partial charge in [0.05, 0.1) is 7.05 Å². The van der Waals surface area contributed by atoms with Crippen molar-refractivity contribution in [2.75, 3.05) is 59.4 Å². The molecule has 0 aliphatic carbocycles. The van der Waals surface area contributed by atoms with Gasteiger partial charge in [0.2, 0.25) is 0 Å². The van der Waals surface area contributed by atoms with Crippen LogP contribution in [0.5, 0.6) is 0 Å². The Kier molecular flexibility index (Phi) is 2.31. The predicted molar refractivity (Wildman–Crippen MR) is 61.5 cm³/mol. The minimum atomic E-state index is 0.938. The summed E-state index contributed by atoms with van der Waals surface area (Å²) in [5.74, 6) is 0. The van der Waals surface area contributed by atoms with E-state index in [1.165, 1.54) is 74.2 Å². The first-order chi connectivity index (χ1) is 7.23. The summed E-state index contributed by atoms with van der Waals surface area (Å²) in [6.45, 7) is 11.2. The number of likely N-dealkylation sites (N-methyl/N-ethyl adjacent to an activating group) is 1. The highest BCUT2D eigenvalue weighted by Crippen LogP contribution is 2.30. The third kappa shape index (κ3) is 1.61. The Labute approximate surface area is 93.2 Å². The molecule has 0 spiro atoms. The number of hydrogen-bond donors (Lipinski definition) is 1. The molecule has 3 nitrogen and oxygen atoms in total. The summed E-state index contributed by atoms with van der Waals surface area (Å²) in [5, 5.41) is 3.60. The molecule has 1 N–H and O–H groups in total. The number of fused-ring (bicyclic) bond motifs is 3. The molecule has 1 atom stereocenters. The van der Waals surface area contributed by atoms with Crippen LogP contribution >= 0.6 is 0 Å². The molecule has 4 rings (SSSR count). The van der Waals surface area contributed by atoms with E-state index in [0.717, 1.165) is 6.04 Å². The van der Waals surface area contributed by atoms with E-state index in [0.29, 0.717) is 0 Å². The lowest BCUT2D eigenvalue weighted by molar-refractivity contribution is -1.08. The Morgan fingerprint density at radius 3 is 2.20 bits per heavy atom. The van der Waals surface area contributed by atoms with Crippen molar-refractivity contribution in [1.29, 1.82) is 0 Å². The van der Waals surface area contributed by atoms with Crippen LogP contribution in [-0.2, 0) is 0 Å². The first-order valence-corrected chi connectivity index (χ1v) is 6.63. The van der Waals surface area contributed by atoms with E-state index in [2.05, 4.69) is 12.4 Å². The van der Waals surface area contributed by atoms with E-state index in [-0.39, 0.29) is 0 Å². The Morgan fingerprint density at radius 1 is 1.00 bits per heavy atom. The van der Waals surface area contributed by atoms with Gasteiger partial charge < -0.3 is 14.3 Å². The number of piperidine rings is 1. The topological polar surface area (TPSA) is 12.0 Å². The zero-order valence-corrected chi connectivity index (χ0v) is 10.0. The van der Waals surface area contributed by atoms with Gasteiger partial charge in [0.15, 0.2) is 0 Å². The van der Waals surface area contributed by atoms with Crippen LogP contribution in [0.25, 0.3) is 0 Å². The Bertz CT molecular complexity index is 221. The van der Waals surface area contributed by atoms with Gasteiger partial charge in [-0.15, -0.1) is 0 Å². The lowest BCUT2D eigenvalue weighted by Gasteiger charge is -2.57. The maximum Gasteiger partial charge on any atom is 0.129 e. The molecule has 4 saturated heterocycles. The third-order valence-corrected chi connectivity index (χ3v) is 5.30. The Balaban J connectivity index is 1.74. The molecule has 2 bridgehead atoms. The van der Waals surface area contributed by atoms with Gasteiger partial charge in [-0.3, -0.25) is 0 Å². The van der Waals surface area contributed by atoms with Crippen LogP contribution in [0.4, 0.5) is 0 Å². The van der Waals surface area contributed by atoms with Crippen molar-refractivity contribution in [1.82, 2.24) is 5.32 Å². The van der Waals surface area contributed by atoms with Gasteiger partial charge in [-0.1, -0.05) is 0 Å². The lowest BCUT2D eigenvalue weighted by Crippen LogP contribution is -2.77. The second-order valence-corrected chi connectivity index (χ2v) is 6.18. The number of nitrogens with one attached hydrogen (secondary N) is 1. The average molecular weight is 211 g/mol. The fourth-order valence-electron chi connectivity index (χ4n) is 3.84. The molecule has 3 heteroatoms. The van der Waals surface area contributed by atoms with Crippen molar-refractivity contribution < 1.29 is 8.97 Å². The standard InChI is InChI=1S/C12H25N3/c1-14-5-8-15(9-6-14,10-7-14)12-3-2-4-13-11-12/h12-13H,2-11H2,1H3/q+2. The van der Waals surface area contributed by atoms with Crippen molar-refractivity contribution in [3.63, 3.8) is 0 Å². The molecule has 0 aromatic heterocycles. The first-order valence-electron chi connectivity index (χ1n) is 6.63. The van der Waals surface area contributed by atoms with Crippen molar-refractivity contribution in [2.45, 2.75) is 18.9 Å². The molecular formula is C12H25N3+2. The molecule has 4 heterocycles. The summed E-state index contributed by atoms with van der Waals surface area (Å²) in [4.78, 5) is 0. The first kappa shape index (κ1) is 10.1. The maximum atomic E-state index is 3.60. The monoisotopic (exact) mass is 211 g/mol. The molecule has 1 unspecified atom stereocenters. The van der Waals surface area contributed by atoms with Crippen LogP contribution in [0.2, 0.25) is 0 Å². The molecule has 0 amide bonds. The lowest BCUT2D eigenvalue weighted by atomic mass is 9.97. The van der Waals surface area contributed by atoms with Gasteiger partial charge in [-0.2, -0.15) is 0 Å². The highest BCUT2D eigenvalue weighted by molar-refractivity contribution is 4.74. The maximum absolute atomic E-state index is 3.60. The quantitative estimate of drug-likeness (QED) is 0.603. The fourth-order valence-corrected chi connectivity index (χ4v) is 3.84. The molecule has 4 fully saturated rings. The summed E-state index contributed by atoms with van der Waals surface area (Å²) < 4.78 is 2.82. The minimum Gasteiger partial charge on any atom is -0.312 e. The summed E-state index contributed by atoms with van der Waals surface area (Å²) in [5.41, 5.74) is 0. The summed E-state index contributed by atoms with van der Waals surface area (Å²) in [6, 6.07) is 0.938. The second kappa shape index (κ2) is 3.44. The molecule has 86 valence electrons. The van der Waals surface area contributed by atoms with Crippen LogP contribution in [0.3, 0.4) is 0 Å². The van der Waals surface area contributed by atoms with Crippen LogP contribution in [-0.4, -0.2) is 74.4 Å². The minimum absolute atomic E-state index is 0.938. The number of quaternary nitrogens is 2. The van der Waals surface area contributed by atoms with E-state index in [9.17, 15) is 0 Å². The summed E-state index contributed by atoms with van der Waals surface area (Å²) in [6.07, 6.45) is 2.87. The van der Waals surface area contributed by atoms with Crippen LogP contribution in [0.15, 0.2) is 0 Å². The van der Waals surface area contributed by atoms with Gasteiger partial charge in [-0.05, 0) is 13.0 Å². The number of piperazine rings is 3. The molecule has 0 radical (unpaired) electrons. The van der Waals surface area contributed by atoms with Gasteiger partial charge in [-0.25, -0.2) is 0 Å². The van der Waals surface area contributed by atoms with E-state index in [1.54, 1.807) is 0 Å². The number of nitrogens with zero attached hydrogens (tertiary/aromatic N) is 2. The zero-order chi connectivity index (χ0) is 10.4. The summed E-state index contributed by atoms with van der Waals surface area (Å²) in [7, 11) is 2.45. The molecule has 4 aliphatic rings. The highest BCUT2D eigenvalue weighted by atomic mass is 15.5. The number of hydrogen-bond acceptors (Lipinski definition) is 1. The van der Waals surface area contributed by atoms with Crippen molar-refractivity contribution in [3.8, 4) is 0 Å². The molecule has 0 saturated carbocycles. The smallest absolute Gasteiger partial charge is 0.129 e. The zero-order valence-electron chi connectivity index (χ0n) is 10.0. The molecule has 15 heavy (non-hydrogen) atoms. The largest absolute Gasteiger partial charge is 0.312 e. The Morgan fingerprint density at radius 2 is 1.67 bits per heavy atom. The van der Waals surface area contributed by atoms with E-state index in [4.69, 9.17) is 0 Å². The molecule has 0 aromatic rings. The van der Waals surface area contributed by atoms with E-state index in [1.807, 2.05) is 0 Å². The molecule has 0 aromatic carbocycles. The molecule has 4 aliphatic heterocycles. The van der Waals surface area contributed by atoms with E-state index >= 15 is 0 Å². The van der Waals surface area contributed by atoms with Gasteiger partial charge in [0, 0.05) is 13.0 Å². The van der Waals surface area contributed by atoms with Gasteiger partial charge in [0.1, 0.15) is 45.3 Å². The molecular weight excluding hydrogens is 186 g/mol. The fraction of sp³-hybridized carbons (Fsp3) is 1.00. The Hall–Kier alpha value is -0.120. The van der Waals surface area contributed by atoms with Crippen LogP contribution in [0, 0.1) is 0 Å². The van der Waals surface area contributed by atoms with Crippen molar-refractivity contribution in [3.05, 3.63) is 0 Å². The highest BCUT2D eigenvalue weighted by Gasteiger charge is 2.50. The SMILES string of the molecule is C[N+]12CC[N+](C3CCCNC3)(CC1)CC2. The van der Waals surface area contributed by atoms with Crippen LogP contribution in [0.1, 0.15) is 12.8 Å². The van der Waals surface area contributed by atoms with Crippen molar-refractivity contribution in [2.24, 2.45) is 0 Å². The van der Waals surface area contributed by atoms with Crippen LogP contribution < -0.4 is 5.32 Å². The second-order valence-electron chi connectivity index (χ2n) is 6.18. The number of rotatable bonds is 1. The normalized spacial score (nSPS) is 50.6. The average Bonchev–Trinajstić information content (AvgIpc) is 2.32. The van der Waals surface area contributed by atoms with Gasteiger partial charge in [0.25, 0.3) is 0 Å².